The van der Waals surface area contributed by atoms with Crippen LogP contribution in [0.2, 0.25) is 0 Å². The number of hydrogen-bond acceptors (Lipinski definition) is 3. The molecule has 0 saturated carbocycles. The predicted molar refractivity (Wildman–Crippen MR) is 57.5 cm³/mol. The largest absolute Gasteiger partial charge is 0.488 e. The zero-order valence-electron chi connectivity index (χ0n) is 7.60. The van der Waals surface area contributed by atoms with E-state index in [-0.39, 0.29) is 0 Å². The van der Waals surface area contributed by atoms with Crippen molar-refractivity contribution in [3.8, 4) is 5.75 Å². The quantitative estimate of drug-likeness (QED) is 0.588. The number of pyridine rings is 1. The maximum atomic E-state index is 5.46. The van der Waals surface area contributed by atoms with E-state index in [9.17, 15) is 0 Å². The fourth-order valence-corrected chi connectivity index (χ4v) is 1.05. The molecule has 13 heavy (non-hydrogen) atoms. The Bertz CT molecular complexity index is 286. The second-order valence-electron chi connectivity index (χ2n) is 2.55. The summed E-state index contributed by atoms with van der Waals surface area (Å²) >= 11 is 4.05. The summed E-state index contributed by atoms with van der Waals surface area (Å²) in [6.07, 6.45) is 5.65. The number of aromatic nitrogens is 1. The Labute approximate surface area is 84.1 Å². The molecule has 1 rings (SSSR count). The molecule has 0 radical (unpaired) electrons. The molecule has 3 heteroatoms. The van der Waals surface area contributed by atoms with Crippen molar-refractivity contribution in [2.24, 2.45) is 0 Å². The average molecular weight is 195 g/mol. The van der Waals surface area contributed by atoms with Crippen LogP contribution in [0.25, 0.3) is 0 Å². The SMILES string of the molecule is Cc1ncccc1OCC=CCS. The molecule has 0 atom stereocenters. The van der Waals surface area contributed by atoms with Crippen LogP contribution in [-0.2, 0) is 0 Å². The minimum absolute atomic E-state index is 0.576. The first-order valence-electron chi connectivity index (χ1n) is 4.15. The molecule has 0 amide bonds. The van der Waals surface area contributed by atoms with Gasteiger partial charge in [0, 0.05) is 11.9 Å². The van der Waals surface area contributed by atoms with Gasteiger partial charge >= 0.3 is 0 Å². The van der Waals surface area contributed by atoms with Gasteiger partial charge in [0.15, 0.2) is 0 Å². The lowest BCUT2D eigenvalue weighted by Crippen LogP contribution is -1.96. The van der Waals surface area contributed by atoms with Crippen molar-refractivity contribution in [3.05, 3.63) is 36.2 Å². The zero-order valence-corrected chi connectivity index (χ0v) is 8.50. The van der Waals surface area contributed by atoms with Gasteiger partial charge in [0.25, 0.3) is 0 Å². The van der Waals surface area contributed by atoms with Crippen LogP contribution in [0.4, 0.5) is 0 Å². The van der Waals surface area contributed by atoms with Crippen molar-refractivity contribution in [1.82, 2.24) is 4.98 Å². The van der Waals surface area contributed by atoms with E-state index in [2.05, 4.69) is 17.6 Å². The number of aryl methyl sites for hydroxylation is 1. The molecule has 0 bridgehead atoms. The molecule has 0 aliphatic carbocycles. The summed E-state index contributed by atoms with van der Waals surface area (Å²) in [4.78, 5) is 4.11. The van der Waals surface area contributed by atoms with Gasteiger partial charge < -0.3 is 4.74 Å². The van der Waals surface area contributed by atoms with Gasteiger partial charge in [-0.25, -0.2) is 0 Å². The van der Waals surface area contributed by atoms with Gasteiger partial charge in [0.1, 0.15) is 12.4 Å². The first-order valence-corrected chi connectivity index (χ1v) is 4.78. The Balaban J connectivity index is 2.45. The summed E-state index contributed by atoms with van der Waals surface area (Å²) in [5, 5.41) is 0. The lowest BCUT2D eigenvalue weighted by atomic mass is 10.3. The fourth-order valence-electron chi connectivity index (χ4n) is 0.903. The van der Waals surface area contributed by atoms with Gasteiger partial charge in [-0.15, -0.1) is 0 Å². The molecular formula is C10H13NOS. The molecule has 1 heterocycles. The van der Waals surface area contributed by atoms with Gasteiger partial charge in [-0.1, -0.05) is 12.2 Å². The molecule has 1 aromatic rings. The summed E-state index contributed by atoms with van der Waals surface area (Å²) in [7, 11) is 0. The summed E-state index contributed by atoms with van der Waals surface area (Å²) in [6, 6.07) is 3.78. The Morgan fingerprint density at radius 1 is 1.54 bits per heavy atom. The molecule has 0 aromatic carbocycles. The second kappa shape index (κ2) is 5.65. The van der Waals surface area contributed by atoms with E-state index in [1.807, 2.05) is 31.2 Å². The van der Waals surface area contributed by atoms with Crippen molar-refractivity contribution in [3.63, 3.8) is 0 Å². The standard InChI is InChI=1S/C10H13NOS/c1-9-10(5-4-6-11-9)12-7-2-3-8-13/h2-6,13H,7-8H2,1H3. The molecular weight excluding hydrogens is 182 g/mol. The molecule has 0 aliphatic rings. The highest BCUT2D eigenvalue weighted by atomic mass is 32.1. The molecule has 70 valence electrons. The summed E-state index contributed by atoms with van der Waals surface area (Å²) in [5.74, 6) is 1.58. The fraction of sp³-hybridized carbons (Fsp3) is 0.300. The lowest BCUT2D eigenvalue weighted by molar-refractivity contribution is 0.358. The van der Waals surface area contributed by atoms with Crippen LogP contribution >= 0.6 is 12.6 Å². The van der Waals surface area contributed by atoms with Gasteiger partial charge in [0.05, 0.1) is 5.69 Å². The number of hydrogen-bond donors (Lipinski definition) is 1. The van der Waals surface area contributed by atoms with E-state index in [0.29, 0.717) is 6.61 Å². The summed E-state index contributed by atoms with van der Waals surface area (Å²) in [6.45, 7) is 2.50. The maximum absolute atomic E-state index is 5.46. The Hall–Kier alpha value is -0.960. The minimum atomic E-state index is 0.576. The van der Waals surface area contributed by atoms with Gasteiger partial charge in [-0.3, -0.25) is 4.98 Å². The van der Waals surface area contributed by atoms with E-state index < -0.39 is 0 Å². The first-order chi connectivity index (χ1) is 6.34. The van der Waals surface area contributed by atoms with Crippen LogP contribution in [0.5, 0.6) is 5.75 Å². The van der Waals surface area contributed by atoms with E-state index in [1.54, 1.807) is 6.20 Å². The molecule has 0 aliphatic heterocycles. The van der Waals surface area contributed by atoms with Crippen molar-refractivity contribution in [2.75, 3.05) is 12.4 Å². The monoisotopic (exact) mass is 195 g/mol. The number of rotatable bonds is 4. The highest BCUT2D eigenvalue weighted by molar-refractivity contribution is 7.80. The van der Waals surface area contributed by atoms with E-state index in [4.69, 9.17) is 4.74 Å². The smallest absolute Gasteiger partial charge is 0.140 e. The van der Waals surface area contributed by atoms with Crippen LogP contribution in [0.1, 0.15) is 5.69 Å². The topological polar surface area (TPSA) is 22.1 Å². The van der Waals surface area contributed by atoms with Crippen LogP contribution in [0.3, 0.4) is 0 Å². The maximum Gasteiger partial charge on any atom is 0.140 e. The highest BCUT2D eigenvalue weighted by Gasteiger charge is 1.95. The molecule has 0 saturated heterocycles. The minimum Gasteiger partial charge on any atom is -0.488 e. The summed E-state index contributed by atoms with van der Waals surface area (Å²) < 4.78 is 5.46. The lowest BCUT2D eigenvalue weighted by Gasteiger charge is -2.04. The third kappa shape index (κ3) is 3.51. The van der Waals surface area contributed by atoms with Crippen LogP contribution in [-0.4, -0.2) is 17.3 Å². The number of thiol groups is 1. The predicted octanol–water partition coefficient (Wildman–Crippen LogP) is 2.25. The van der Waals surface area contributed by atoms with E-state index in [1.165, 1.54) is 0 Å². The highest BCUT2D eigenvalue weighted by Crippen LogP contribution is 2.12. The van der Waals surface area contributed by atoms with Crippen LogP contribution in [0, 0.1) is 6.92 Å². The van der Waals surface area contributed by atoms with Gasteiger partial charge in [-0.2, -0.15) is 12.6 Å². The molecule has 0 unspecified atom stereocenters. The first kappa shape index (κ1) is 10.1. The Morgan fingerprint density at radius 2 is 2.38 bits per heavy atom. The van der Waals surface area contributed by atoms with Crippen molar-refractivity contribution >= 4 is 12.6 Å². The second-order valence-corrected chi connectivity index (χ2v) is 2.92. The third-order valence-electron chi connectivity index (χ3n) is 1.57. The van der Waals surface area contributed by atoms with Gasteiger partial charge in [-0.05, 0) is 19.1 Å². The van der Waals surface area contributed by atoms with Gasteiger partial charge in [0.2, 0.25) is 0 Å². The van der Waals surface area contributed by atoms with Crippen molar-refractivity contribution in [2.45, 2.75) is 6.92 Å². The molecule has 0 N–H and O–H groups in total. The Kier molecular flexibility index (Phi) is 4.40. The van der Waals surface area contributed by atoms with Crippen LogP contribution in [0.15, 0.2) is 30.5 Å². The van der Waals surface area contributed by atoms with E-state index in [0.717, 1.165) is 17.2 Å². The van der Waals surface area contributed by atoms with Crippen LogP contribution < -0.4 is 4.74 Å². The molecule has 0 spiro atoms. The average Bonchev–Trinajstić information content (AvgIpc) is 2.15. The van der Waals surface area contributed by atoms with Crippen molar-refractivity contribution < 1.29 is 4.74 Å². The third-order valence-corrected chi connectivity index (χ3v) is 1.78. The van der Waals surface area contributed by atoms with E-state index >= 15 is 0 Å². The molecule has 1 aromatic heterocycles. The zero-order chi connectivity index (χ0) is 9.52. The molecule has 2 nitrogen and oxygen atoms in total. The number of ether oxygens (including phenoxy) is 1. The Morgan fingerprint density at radius 3 is 3.08 bits per heavy atom. The van der Waals surface area contributed by atoms with Crippen molar-refractivity contribution in [1.29, 1.82) is 0 Å². The normalized spacial score (nSPS) is 10.6. The summed E-state index contributed by atoms with van der Waals surface area (Å²) in [5.41, 5.74) is 0.918. The number of nitrogens with zero attached hydrogens (tertiary/aromatic N) is 1. The molecule has 0 fully saturated rings.